The molecule has 0 atom stereocenters. The molecule has 0 radical (unpaired) electrons. The van der Waals surface area contributed by atoms with E-state index in [-0.39, 0.29) is 5.41 Å². The second kappa shape index (κ2) is 3.24. The molecule has 2 aliphatic rings. The summed E-state index contributed by atoms with van der Waals surface area (Å²) in [5.41, 5.74) is 1.45. The zero-order chi connectivity index (χ0) is 10.3. The third kappa shape index (κ3) is 1.53. The molecule has 2 nitrogen and oxygen atoms in total. The molecule has 2 fully saturated rings. The molecule has 1 heterocycles. The molecular formula is C13H17NO. The van der Waals surface area contributed by atoms with E-state index in [0.29, 0.717) is 5.75 Å². The van der Waals surface area contributed by atoms with Gasteiger partial charge in [0.15, 0.2) is 0 Å². The summed E-state index contributed by atoms with van der Waals surface area (Å²) in [6.45, 7) is 3.63. The molecule has 2 heteroatoms. The third-order valence-electron chi connectivity index (χ3n) is 3.80. The number of likely N-dealkylation sites (tertiary alicyclic amines) is 1. The Balaban J connectivity index is 1.83. The van der Waals surface area contributed by atoms with Gasteiger partial charge in [-0.2, -0.15) is 0 Å². The van der Waals surface area contributed by atoms with Crippen LogP contribution in [0, 0.1) is 0 Å². The van der Waals surface area contributed by atoms with Crippen molar-refractivity contribution in [1.29, 1.82) is 0 Å². The Morgan fingerprint density at radius 1 is 1.20 bits per heavy atom. The van der Waals surface area contributed by atoms with Crippen LogP contribution >= 0.6 is 0 Å². The second-order valence-corrected chi connectivity index (χ2v) is 4.93. The van der Waals surface area contributed by atoms with E-state index in [9.17, 15) is 5.11 Å². The summed E-state index contributed by atoms with van der Waals surface area (Å²) in [4.78, 5) is 2.50. The topological polar surface area (TPSA) is 23.5 Å². The van der Waals surface area contributed by atoms with Gasteiger partial charge in [0.25, 0.3) is 0 Å². The molecule has 1 saturated carbocycles. The lowest BCUT2D eigenvalue weighted by atomic mass is 9.93. The Morgan fingerprint density at radius 2 is 1.93 bits per heavy atom. The van der Waals surface area contributed by atoms with Crippen molar-refractivity contribution in [3.63, 3.8) is 0 Å². The number of hydrogen-bond acceptors (Lipinski definition) is 2. The molecule has 1 aliphatic carbocycles. The average molecular weight is 203 g/mol. The summed E-state index contributed by atoms with van der Waals surface area (Å²) in [5.74, 6) is 0.482. The van der Waals surface area contributed by atoms with Gasteiger partial charge >= 0.3 is 0 Å². The summed E-state index contributed by atoms with van der Waals surface area (Å²) in [6.07, 6.45) is 3.82. The van der Waals surface area contributed by atoms with Gasteiger partial charge in [-0.05, 0) is 38.4 Å². The van der Waals surface area contributed by atoms with Gasteiger partial charge < -0.3 is 10.0 Å². The minimum Gasteiger partial charge on any atom is -0.508 e. The number of para-hydroxylation sites is 1. The van der Waals surface area contributed by atoms with E-state index in [1.54, 1.807) is 0 Å². The number of phenolic OH excluding ortho intramolecular Hbond substituents is 1. The lowest BCUT2D eigenvalue weighted by Gasteiger charge is -2.34. The summed E-state index contributed by atoms with van der Waals surface area (Å²) < 4.78 is 0. The minimum absolute atomic E-state index is 0.283. The van der Waals surface area contributed by atoms with Crippen molar-refractivity contribution in [2.24, 2.45) is 0 Å². The van der Waals surface area contributed by atoms with Crippen LogP contribution in [0.25, 0.3) is 0 Å². The molecule has 0 spiro atoms. The van der Waals surface area contributed by atoms with Crippen LogP contribution in [0.15, 0.2) is 24.3 Å². The molecule has 1 aliphatic heterocycles. The van der Waals surface area contributed by atoms with Crippen molar-refractivity contribution >= 4 is 0 Å². The molecule has 80 valence electrons. The first-order valence-corrected chi connectivity index (χ1v) is 5.81. The monoisotopic (exact) mass is 203 g/mol. The van der Waals surface area contributed by atoms with E-state index in [1.807, 2.05) is 18.2 Å². The van der Waals surface area contributed by atoms with Crippen LogP contribution in [0.3, 0.4) is 0 Å². The van der Waals surface area contributed by atoms with Crippen molar-refractivity contribution in [3.05, 3.63) is 29.8 Å². The third-order valence-corrected chi connectivity index (χ3v) is 3.80. The zero-order valence-corrected chi connectivity index (χ0v) is 8.95. The lowest BCUT2D eigenvalue weighted by molar-refractivity contribution is 0.163. The van der Waals surface area contributed by atoms with Gasteiger partial charge in [-0.25, -0.2) is 0 Å². The molecule has 1 aromatic rings. The number of rotatable bonds is 3. The van der Waals surface area contributed by atoms with Crippen LogP contribution < -0.4 is 0 Å². The number of phenols is 1. The summed E-state index contributed by atoms with van der Waals surface area (Å²) >= 11 is 0. The van der Waals surface area contributed by atoms with Gasteiger partial charge in [0.2, 0.25) is 0 Å². The largest absolute Gasteiger partial charge is 0.508 e. The zero-order valence-electron chi connectivity index (χ0n) is 8.95. The van der Waals surface area contributed by atoms with Crippen LogP contribution in [0.2, 0.25) is 0 Å². The van der Waals surface area contributed by atoms with Crippen molar-refractivity contribution in [2.75, 3.05) is 19.6 Å². The van der Waals surface area contributed by atoms with Crippen molar-refractivity contribution < 1.29 is 5.11 Å². The fourth-order valence-electron chi connectivity index (χ4n) is 2.55. The van der Waals surface area contributed by atoms with E-state index in [4.69, 9.17) is 0 Å². The Morgan fingerprint density at radius 3 is 2.47 bits per heavy atom. The first-order chi connectivity index (χ1) is 7.30. The van der Waals surface area contributed by atoms with Crippen LogP contribution in [0.4, 0.5) is 0 Å². The van der Waals surface area contributed by atoms with Crippen molar-refractivity contribution in [3.8, 4) is 5.75 Å². The van der Waals surface area contributed by atoms with Crippen LogP contribution in [0.1, 0.15) is 24.8 Å². The van der Waals surface area contributed by atoms with E-state index >= 15 is 0 Å². The maximum Gasteiger partial charge on any atom is 0.119 e. The van der Waals surface area contributed by atoms with Crippen LogP contribution in [-0.4, -0.2) is 29.6 Å². The standard InChI is InChI=1S/C13H17NO/c15-12-5-2-1-4-11(12)13(6-7-13)10-14-8-3-9-14/h1-2,4-5,15H,3,6-10H2. The van der Waals surface area contributed by atoms with Crippen LogP contribution in [0.5, 0.6) is 5.75 Å². The molecule has 0 aromatic heterocycles. The summed E-state index contributed by atoms with van der Waals surface area (Å²) in [5, 5.41) is 9.87. The Kier molecular flexibility index (Phi) is 1.99. The fraction of sp³-hybridized carbons (Fsp3) is 0.538. The number of hydrogen-bond donors (Lipinski definition) is 1. The normalized spacial score (nSPS) is 23.5. The highest BCUT2D eigenvalue weighted by Gasteiger charge is 2.47. The first kappa shape index (κ1) is 9.22. The Bertz CT molecular complexity index is 367. The van der Waals surface area contributed by atoms with Crippen LogP contribution in [-0.2, 0) is 5.41 Å². The predicted octanol–water partition coefficient (Wildman–Crippen LogP) is 2.13. The quantitative estimate of drug-likeness (QED) is 0.813. The molecule has 1 N–H and O–H groups in total. The molecule has 0 bridgehead atoms. The average Bonchev–Trinajstić information content (AvgIpc) is 2.94. The minimum atomic E-state index is 0.283. The van der Waals surface area contributed by atoms with Gasteiger partial charge in [-0.15, -0.1) is 0 Å². The van der Waals surface area contributed by atoms with Gasteiger partial charge in [-0.3, -0.25) is 0 Å². The SMILES string of the molecule is Oc1ccccc1C1(CN2CCC2)CC1. The molecule has 3 rings (SSSR count). The Hall–Kier alpha value is -1.02. The molecule has 1 saturated heterocycles. The summed E-state index contributed by atoms with van der Waals surface area (Å²) in [7, 11) is 0. The van der Waals surface area contributed by atoms with Crippen molar-refractivity contribution in [1.82, 2.24) is 4.90 Å². The highest BCUT2D eigenvalue weighted by molar-refractivity contribution is 5.42. The summed E-state index contributed by atoms with van der Waals surface area (Å²) in [6, 6.07) is 7.83. The number of aromatic hydroxyl groups is 1. The highest BCUT2D eigenvalue weighted by atomic mass is 16.3. The second-order valence-electron chi connectivity index (χ2n) is 4.93. The van der Waals surface area contributed by atoms with Gasteiger partial charge in [0, 0.05) is 17.5 Å². The van der Waals surface area contributed by atoms with Gasteiger partial charge in [-0.1, -0.05) is 18.2 Å². The molecule has 0 unspecified atom stereocenters. The Labute approximate surface area is 90.5 Å². The van der Waals surface area contributed by atoms with Gasteiger partial charge in [0.05, 0.1) is 0 Å². The maximum absolute atomic E-state index is 9.87. The highest BCUT2D eigenvalue weighted by Crippen LogP contribution is 2.51. The maximum atomic E-state index is 9.87. The fourth-order valence-corrected chi connectivity index (χ4v) is 2.55. The van der Waals surface area contributed by atoms with E-state index < -0.39 is 0 Å². The first-order valence-electron chi connectivity index (χ1n) is 5.81. The molecule has 15 heavy (non-hydrogen) atoms. The number of nitrogens with zero attached hydrogens (tertiary/aromatic N) is 1. The molecular weight excluding hydrogens is 186 g/mol. The van der Waals surface area contributed by atoms with E-state index in [2.05, 4.69) is 11.0 Å². The smallest absolute Gasteiger partial charge is 0.119 e. The number of benzene rings is 1. The van der Waals surface area contributed by atoms with Gasteiger partial charge in [0.1, 0.15) is 5.75 Å². The predicted molar refractivity (Wildman–Crippen MR) is 60.1 cm³/mol. The molecule has 0 amide bonds. The van der Waals surface area contributed by atoms with E-state index in [1.165, 1.54) is 32.4 Å². The van der Waals surface area contributed by atoms with Crippen molar-refractivity contribution in [2.45, 2.75) is 24.7 Å². The molecule has 1 aromatic carbocycles. The van der Waals surface area contributed by atoms with E-state index in [0.717, 1.165) is 12.1 Å². The lowest BCUT2D eigenvalue weighted by Crippen LogP contribution is -2.42.